The number of aromatic nitrogens is 2. The van der Waals surface area contributed by atoms with Crippen LogP contribution in [0.3, 0.4) is 0 Å². The fourth-order valence-electron chi connectivity index (χ4n) is 2.89. The zero-order chi connectivity index (χ0) is 16.6. The molecule has 1 saturated heterocycles. The predicted molar refractivity (Wildman–Crippen MR) is 89.0 cm³/mol. The molecule has 0 spiro atoms. The molecule has 0 saturated carbocycles. The third kappa shape index (κ3) is 3.12. The van der Waals surface area contributed by atoms with Gasteiger partial charge >= 0.3 is 0 Å². The van der Waals surface area contributed by atoms with E-state index in [-0.39, 0.29) is 11.8 Å². The molecule has 2 atom stereocenters. The molecule has 1 N–H and O–H groups in total. The Morgan fingerprint density at radius 3 is 2.91 bits per heavy atom. The van der Waals surface area contributed by atoms with E-state index in [2.05, 4.69) is 5.10 Å². The molecule has 1 aromatic heterocycles. The van der Waals surface area contributed by atoms with Crippen LogP contribution in [-0.2, 0) is 0 Å². The first kappa shape index (κ1) is 16.0. The molecule has 1 amide bonds. The first-order valence-corrected chi connectivity index (χ1v) is 8.13. The molecule has 3 rings (SSSR count). The number of carbonyl (C=O) groups is 1. The lowest BCUT2D eigenvalue weighted by atomic mass is 9.95. The van der Waals surface area contributed by atoms with E-state index in [9.17, 15) is 9.90 Å². The van der Waals surface area contributed by atoms with Gasteiger partial charge in [0.1, 0.15) is 0 Å². The minimum absolute atomic E-state index is 0.0817. The number of rotatable bonds is 2. The van der Waals surface area contributed by atoms with Gasteiger partial charge in [-0.05, 0) is 37.5 Å². The molecule has 6 heteroatoms. The fourth-order valence-corrected chi connectivity index (χ4v) is 3.08. The van der Waals surface area contributed by atoms with Gasteiger partial charge in [0.25, 0.3) is 5.91 Å². The van der Waals surface area contributed by atoms with Crippen molar-refractivity contribution in [2.45, 2.75) is 26.4 Å². The molecule has 5 nitrogen and oxygen atoms in total. The van der Waals surface area contributed by atoms with Crippen LogP contribution in [0.15, 0.2) is 30.5 Å². The van der Waals surface area contributed by atoms with Crippen molar-refractivity contribution in [3.05, 3.63) is 46.7 Å². The molecule has 2 heterocycles. The number of β-amino-alcohol motifs (C(OH)–C–C–N with tert-alkyl or cyclic N) is 1. The van der Waals surface area contributed by atoms with Crippen molar-refractivity contribution in [1.82, 2.24) is 14.7 Å². The molecule has 1 fully saturated rings. The van der Waals surface area contributed by atoms with Crippen molar-refractivity contribution in [1.29, 1.82) is 0 Å². The molecule has 0 radical (unpaired) electrons. The second-order valence-corrected chi connectivity index (χ2v) is 6.56. The highest BCUT2D eigenvalue weighted by atomic mass is 35.5. The van der Waals surface area contributed by atoms with Gasteiger partial charge in [0.2, 0.25) is 0 Å². The quantitative estimate of drug-likeness (QED) is 0.919. The maximum Gasteiger partial charge on any atom is 0.257 e. The standard InChI is InChI=1S/C17H20ClN3O2/c1-11-6-7-20(10-16(11)22)17(23)15-9-19-21(12(15)2)14-5-3-4-13(18)8-14/h3-5,8-9,11,16,22H,6-7,10H2,1-2H3. The number of halogens is 1. The number of benzene rings is 1. The van der Waals surface area contributed by atoms with Crippen LogP contribution in [0.4, 0.5) is 0 Å². The summed E-state index contributed by atoms with van der Waals surface area (Å²) in [6.45, 7) is 4.92. The number of likely N-dealkylation sites (tertiary alicyclic amines) is 1. The van der Waals surface area contributed by atoms with Crippen LogP contribution in [0, 0.1) is 12.8 Å². The second-order valence-electron chi connectivity index (χ2n) is 6.12. The van der Waals surface area contributed by atoms with E-state index in [0.29, 0.717) is 23.7 Å². The highest BCUT2D eigenvalue weighted by Gasteiger charge is 2.29. The van der Waals surface area contributed by atoms with Crippen LogP contribution in [0.1, 0.15) is 29.4 Å². The Hall–Kier alpha value is -1.85. The number of aliphatic hydroxyl groups is 1. The summed E-state index contributed by atoms with van der Waals surface area (Å²) in [6, 6.07) is 7.35. The first-order valence-electron chi connectivity index (χ1n) is 7.75. The minimum Gasteiger partial charge on any atom is -0.391 e. The van der Waals surface area contributed by atoms with Gasteiger partial charge < -0.3 is 10.0 Å². The highest BCUT2D eigenvalue weighted by molar-refractivity contribution is 6.30. The number of nitrogens with zero attached hydrogens (tertiary/aromatic N) is 3. The lowest BCUT2D eigenvalue weighted by Gasteiger charge is -2.34. The van der Waals surface area contributed by atoms with Gasteiger partial charge in [-0.2, -0.15) is 5.10 Å². The molecule has 23 heavy (non-hydrogen) atoms. The Morgan fingerprint density at radius 1 is 1.43 bits per heavy atom. The van der Waals surface area contributed by atoms with E-state index in [1.54, 1.807) is 21.8 Å². The normalized spacial score (nSPS) is 21.5. The van der Waals surface area contributed by atoms with Crippen LogP contribution in [0.5, 0.6) is 0 Å². The highest BCUT2D eigenvalue weighted by Crippen LogP contribution is 2.22. The minimum atomic E-state index is -0.462. The van der Waals surface area contributed by atoms with Crippen LogP contribution in [0.25, 0.3) is 5.69 Å². The van der Waals surface area contributed by atoms with Crippen molar-refractivity contribution >= 4 is 17.5 Å². The molecular weight excluding hydrogens is 314 g/mol. The molecule has 0 aliphatic carbocycles. The molecule has 122 valence electrons. The summed E-state index contributed by atoms with van der Waals surface area (Å²) in [7, 11) is 0. The average molecular weight is 334 g/mol. The SMILES string of the molecule is Cc1c(C(=O)N2CCC(C)C(O)C2)cnn1-c1cccc(Cl)c1. The first-order chi connectivity index (χ1) is 11.0. The summed E-state index contributed by atoms with van der Waals surface area (Å²) < 4.78 is 1.71. The molecular formula is C17H20ClN3O2. The predicted octanol–water partition coefficient (Wildman–Crippen LogP) is 2.68. The number of piperidine rings is 1. The Labute approximate surface area is 140 Å². The largest absolute Gasteiger partial charge is 0.391 e. The zero-order valence-electron chi connectivity index (χ0n) is 13.2. The Bertz CT molecular complexity index is 728. The van der Waals surface area contributed by atoms with Crippen LogP contribution in [-0.4, -0.2) is 44.9 Å². The number of aliphatic hydroxyl groups excluding tert-OH is 1. The van der Waals surface area contributed by atoms with E-state index in [0.717, 1.165) is 17.8 Å². The Balaban J connectivity index is 1.86. The van der Waals surface area contributed by atoms with Crippen LogP contribution < -0.4 is 0 Å². The molecule has 1 aliphatic heterocycles. The van der Waals surface area contributed by atoms with E-state index in [1.165, 1.54) is 0 Å². The van der Waals surface area contributed by atoms with Gasteiger partial charge in [-0.25, -0.2) is 4.68 Å². The zero-order valence-corrected chi connectivity index (χ0v) is 14.0. The van der Waals surface area contributed by atoms with E-state index < -0.39 is 6.10 Å². The summed E-state index contributed by atoms with van der Waals surface area (Å²) in [4.78, 5) is 14.4. The van der Waals surface area contributed by atoms with Crippen molar-refractivity contribution in [2.24, 2.45) is 5.92 Å². The van der Waals surface area contributed by atoms with Gasteiger partial charge in [0.05, 0.1) is 29.2 Å². The van der Waals surface area contributed by atoms with Crippen molar-refractivity contribution < 1.29 is 9.90 Å². The van der Waals surface area contributed by atoms with E-state index in [4.69, 9.17) is 11.6 Å². The molecule has 2 aromatic rings. The van der Waals surface area contributed by atoms with Gasteiger partial charge in [-0.1, -0.05) is 24.6 Å². The Kier molecular flexibility index (Phi) is 4.41. The van der Waals surface area contributed by atoms with Gasteiger partial charge in [-0.15, -0.1) is 0 Å². The van der Waals surface area contributed by atoms with Crippen LogP contribution in [0.2, 0.25) is 5.02 Å². The Morgan fingerprint density at radius 2 is 2.22 bits per heavy atom. The van der Waals surface area contributed by atoms with E-state index >= 15 is 0 Å². The molecule has 0 bridgehead atoms. The maximum absolute atomic E-state index is 12.7. The topological polar surface area (TPSA) is 58.4 Å². The maximum atomic E-state index is 12.7. The average Bonchev–Trinajstić information content (AvgIpc) is 2.91. The summed E-state index contributed by atoms with van der Waals surface area (Å²) in [5.74, 6) is 0.149. The summed E-state index contributed by atoms with van der Waals surface area (Å²) >= 11 is 6.02. The summed E-state index contributed by atoms with van der Waals surface area (Å²) in [5, 5.41) is 14.9. The van der Waals surface area contributed by atoms with Crippen molar-refractivity contribution in [2.75, 3.05) is 13.1 Å². The molecule has 2 unspecified atom stereocenters. The molecule has 1 aromatic carbocycles. The summed E-state index contributed by atoms with van der Waals surface area (Å²) in [6.07, 6.45) is 1.94. The number of hydrogen-bond acceptors (Lipinski definition) is 3. The van der Waals surface area contributed by atoms with Crippen molar-refractivity contribution in [3.8, 4) is 5.69 Å². The number of carbonyl (C=O) groups excluding carboxylic acids is 1. The van der Waals surface area contributed by atoms with Crippen molar-refractivity contribution in [3.63, 3.8) is 0 Å². The van der Waals surface area contributed by atoms with Gasteiger partial charge in [0, 0.05) is 18.1 Å². The van der Waals surface area contributed by atoms with E-state index in [1.807, 2.05) is 32.0 Å². The number of amides is 1. The monoisotopic (exact) mass is 333 g/mol. The smallest absolute Gasteiger partial charge is 0.257 e. The number of hydrogen-bond donors (Lipinski definition) is 1. The third-order valence-electron chi connectivity index (χ3n) is 4.50. The lowest BCUT2D eigenvalue weighted by molar-refractivity contribution is 0.0248. The third-order valence-corrected chi connectivity index (χ3v) is 4.73. The fraction of sp³-hybridized carbons (Fsp3) is 0.412. The lowest BCUT2D eigenvalue weighted by Crippen LogP contribution is -2.45. The van der Waals surface area contributed by atoms with Gasteiger partial charge in [0.15, 0.2) is 0 Å². The van der Waals surface area contributed by atoms with Gasteiger partial charge in [-0.3, -0.25) is 4.79 Å². The second kappa shape index (κ2) is 6.34. The summed E-state index contributed by atoms with van der Waals surface area (Å²) in [5.41, 5.74) is 2.15. The van der Waals surface area contributed by atoms with Crippen LogP contribution >= 0.6 is 11.6 Å². The molecule has 1 aliphatic rings.